The molecule has 1 unspecified atom stereocenters. The molecule has 1 atom stereocenters. The molecule has 2 aliphatic heterocycles. The quantitative estimate of drug-likeness (QED) is 0.834. The molecule has 0 amide bonds. The van der Waals surface area contributed by atoms with E-state index in [0.29, 0.717) is 29.2 Å². The van der Waals surface area contributed by atoms with Gasteiger partial charge in [0.1, 0.15) is 35.2 Å². The van der Waals surface area contributed by atoms with Gasteiger partial charge in [-0.2, -0.15) is 0 Å². The maximum absolute atomic E-state index is 13.2. The third-order valence-corrected chi connectivity index (χ3v) is 5.41. The van der Waals surface area contributed by atoms with E-state index in [4.69, 9.17) is 14.2 Å². The molecule has 28 heavy (non-hydrogen) atoms. The van der Waals surface area contributed by atoms with Crippen molar-refractivity contribution in [2.45, 2.75) is 51.6 Å². The molecule has 2 aromatic rings. The smallest absolute Gasteiger partial charge is 0.177 e. The summed E-state index contributed by atoms with van der Waals surface area (Å²) in [7, 11) is 0. The first kappa shape index (κ1) is 18.7. The molecular formula is C23H26O5. The van der Waals surface area contributed by atoms with Crippen molar-refractivity contribution in [3.8, 4) is 23.0 Å². The van der Waals surface area contributed by atoms with Crippen LogP contribution in [0.15, 0.2) is 30.3 Å². The van der Waals surface area contributed by atoms with Gasteiger partial charge >= 0.3 is 0 Å². The zero-order chi connectivity index (χ0) is 19.9. The van der Waals surface area contributed by atoms with Crippen molar-refractivity contribution in [2.24, 2.45) is 0 Å². The van der Waals surface area contributed by atoms with Crippen LogP contribution in [-0.4, -0.2) is 29.7 Å². The number of Topliss-reactive ketones (excluding diaryl/α,β-unsaturated/α-hetero) is 1. The summed E-state index contributed by atoms with van der Waals surface area (Å²) >= 11 is 0. The lowest BCUT2D eigenvalue weighted by atomic mass is 9.85. The van der Waals surface area contributed by atoms with Crippen LogP contribution in [-0.2, 0) is 6.42 Å². The Balaban J connectivity index is 1.63. The first-order valence-corrected chi connectivity index (χ1v) is 9.87. The average molecular weight is 382 g/mol. The molecule has 148 valence electrons. The molecule has 4 rings (SSSR count). The minimum absolute atomic E-state index is 0.0357. The number of aromatic hydroxyl groups is 1. The highest BCUT2D eigenvalue weighted by molar-refractivity contribution is 6.05. The van der Waals surface area contributed by atoms with Crippen molar-refractivity contribution >= 4 is 5.78 Å². The second kappa shape index (κ2) is 7.04. The van der Waals surface area contributed by atoms with Crippen LogP contribution in [0.5, 0.6) is 23.0 Å². The molecule has 0 aromatic heterocycles. The summed E-state index contributed by atoms with van der Waals surface area (Å²) in [6.07, 6.45) is 2.58. The van der Waals surface area contributed by atoms with Gasteiger partial charge in [-0.05, 0) is 51.3 Å². The van der Waals surface area contributed by atoms with E-state index >= 15 is 0 Å². The van der Waals surface area contributed by atoms with Gasteiger partial charge in [-0.1, -0.05) is 13.0 Å². The Kier molecular flexibility index (Phi) is 4.69. The van der Waals surface area contributed by atoms with Gasteiger partial charge in [-0.3, -0.25) is 4.79 Å². The summed E-state index contributed by atoms with van der Waals surface area (Å²) in [5.74, 6) is 1.51. The molecule has 0 spiro atoms. The Labute approximate surface area is 165 Å². The van der Waals surface area contributed by atoms with Gasteiger partial charge in [0.2, 0.25) is 0 Å². The number of phenolic OH excluding ortho intramolecular Hbond substituents is 1. The zero-order valence-electron chi connectivity index (χ0n) is 16.6. The minimum atomic E-state index is -0.535. The Morgan fingerprint density at radius 2 is 2.07 bits per heavy atom. The molecular weight excluding hydrogens is 356 g/mol. The minimum Gasteiger partial charge on any atom is -0.508 e. The van der Waals surface area contributed by atoms with Crippen LogP contribution in [0, 0.1) is 0 Å². The predicted molar refractivity (Wildman–Crippen MR) is 106 cm³/mol. The van der Waals surface area contributed by atoms with Gasteiger partial charge in [0.15, 0.2) is 5.78 Å². The van der Waals surface area contributed by atoms with Crippen LogP contribution >= 0.6 is 0 Å². The lowest BCUT2D eigenvalue weighted by Crippen LogP contribution is -2.34. The highest BCUT2D eigenvalue weighted by Crippen LogP contribution is 2.44. The number of carbonyl (C=O) groups excluding carboxylic acids is 1. The molecule has 5 heteroatoms. The van der Waals surface area contributed by atoms with Crippen LogP contribution in [0.3, 0.4) is 0 Å². The van der Waals surface area contributed by atoms with E-state index in [2.05, 4.69) is 13.8 Å². The molecule has 2 aliphatic rings. The number of fused-ring (bicyclic) bond motifs is 3. The Hall–Kier alpha value is -2.69. The topological polar surface area (TPSA) is 65.0 Å². The fourth-order valence-electron chi connectivity index (χ4n) is 3.86. The number of carbonyl (C=O) groups is 1. The molecule has 2 aromatic carbocycles. The monoisotopic (exact) mass is 382 g/mol. The van der Waals surface area contributed by atoms with Gasteiger partial charge in [0, 0.05) is 17.2 Å². The van der Waals surface area contributed by atoms with Gasteiger partial charge < -0.3 is 19.3 Å². The fraction of sp³-hybridized carbons (Fsp3) is 0.435. The molecule has 5 nitrogen and oxygen atoms in total. The van der Waals surface area contributed by atoms with E-state index < -0.39 is 5.92 Å². The first-order chi connectivity index (χ1) is 13.4. The Morgan fingerprint density at radius 1 is 1.25 bits per heavy atom. The Bertz CT molecular complexity index is 915. The molecule has 0 aliphatic carbocycles. The summed E-state index contributed by atoms with van der Waals surface area (Å²) in [6.45, 7) is 6.94. The van der Waals surface area contributed by atoms with Crippen molar-refractivity contribution in [1.29, 1.82) is 0 Å². The normalized spacial score (nSPS) is 19.8. The second-order valence-electron chi connectivity index (χ2n) is 8.08. The highest BCUT2D eigenvalue weighted by atomic mass is 16.5. The molecule has 0 radical (unpaired) electrons. The summed E-state index contributed by atoms with van der Waals surface area (Å²) in [4.78, 5) is 13.2. The van der Waals surface area contributed by atoms with Gasteiger partial charge in [0.05, 0.1) is 18.1 Å². The molecule has 0 bridgehead atoms. The van der Waals surface area contributed by atoms with Crippen molar-refractivity contribution in [3.63, 3.8) is 0 Å². The standard InChI is InChI=1S/C23H26O5/c1-4-11-26-14-5-6-15(19(24)12-14)18-13-27-22-16-9-10-23(2,3)28-20(16)8-7-17(22)21(18)25/h5-8,12,18,24H,4,9-11,13H2,1-3H3. The van der Waals surface area contributed by atoms with E-state index in [-0.39, 0.29) is 23.7 Å². The van der Waals surface area contributed by atoms with Gasteiger partial charge in [-0.15, -0.1) is 0 Å². The van der Waals surface area contributed by atoms with E-state index in [1.165, 1.54) is 0 Å². The number of ether oxygens (including phenoxy) is 3. The Morgan fingerprint density at radius 3 is 2.82 bits per heavy atom. The number of hydrogen-bond acceptors (Lipinski definition) is 5. The highest BCUT2D eigenvalue weighted by Gasteiger charge is 2.36. The number of phenols is 1. The largest absolute Gasteiger partial charge is 0.508 e. The molecule has 0 saturated carbocycles. The fourth-order valence-corrected chi connectivity index (χ4v) is 3.86. The maximum Gasteiger partial charge on any atom is 0.177 e. The predicted octanol–water partition coefficient (Wildman–Crippen LogP) is 4.64. The van der Waals surface area contributed by atoms with E-state index in [9.17, 15) is 9.90 Å². The third kappa shape index (κ3) is 3.30. The van der Waals surface area contributed by atoms with Crippen LogP contribution in [0.25, 0.3) is 0 Å². The van der Waals surface area contributed by atoms with Crippen molar-refractivity contribution < 1.29 is 24.1 Å². The van der Waals surface area contributed by atoms with Crippen LogP contribution < -0.4 is 14.2 Å². The maximum atomic E-state index is 13.2. The molecule has 1 N–H and O–H groups in total. The van der Waals surface area contributed by atoms with Crippen molar-refractivity contribution in [3.05, 3.63) is 47.0 Å². The van der Waals surface area contributed by atoms with Gasteiger partial charge in [0.25, 0.3) is 0 Å². The van der Waals surface area contributed by atoms with E-state index in [0.717, 1.165) is 30.6 Å². The van der Waals surface area contributed by atoms with Crippen LogP contribution in [0.4, 0.5) is 0 Å². The summed E-state index contributed by atoms with van der Waals surface area (Å²) in [5, 5.41) is 10.5. The zero-order valence-corrected chi connectivity index (χ0v) is 16.6. The summed E-state index contributed by atoms with van der Waals surface area (Å²) in [5.41, 5.74) is 1.88. The average Bonchev–Trinajstić information content (AvgIpc) is 2.66. The van der Waals surface area contributed by atoms with Crippen molar-refractivity contribution in [2.75, 3.05) is 13.2 Å². The van der Waals surface area contributed by atoms with Crippen LogP contribution in [0.2, 0.25) is 0 Å². The summed E-state index contributed by atoms with van der Waals surface area (Å²) in [6, 6.07) is 8.74. The second-order valence-corrected chi connectivity index (χ2v) is 8.08. The number of hydrogen-bond donors (Lipinski definition) is 1. The lowest BCUT2D eigenvalue weighted by molar-refractivity contribution is 0.0806. The van der Waals surface area contributed by atoms with E-state index in [1.807, 2.05) is 13.0 Å². The van der Waals surface area contributed by atoms with E-state index in [1.54, 1.807) is 24.3 Å². The molecule has 0 fully saturated rings. The van der Waals surface area contributed by atoms with Gasteiger partial charge in [-0.25, -0.2) is 0 Å². The molecule has 2 heterocycles. The summed E-state index contributed by atoms with van der Waals surface area (Å²) < 4.78 is 17.6. The lowest BCUT2D eigenvalue weighted by Gasteiger charge is -2.35. The molecule has 0 saturated heterocycles. The number of ketones is 1. The van der Waals surface area contributed by atoms with Crippen molar-refractivity contribution in [1.82, 2.24) is 0 Å². The van der Waals surface area contributed by atoms with Crippen LogP contribution in [0.1, 0.15) is 61.0 Å². The third-order valence-electron chi connectivity index (χ3n) is 5.41. The number of benzene rings is 2. The first-order valence-electron chi connectivity index (χ1n) is 9.87. The number of rotatable bonds is 4. The SMILES string of the molecule is CCCOc1ccc(C2COc3c(ccc4c3CCC(C)(C)O4)C2=O)c(O)c1.